The zero-order chi connectivity index (χ0) is 22.9. The lowest BCUT2D eigenvalue weighted by Crippen LogP contribution is -2.38. The standard InChI is InChI=1S/C26H33N5O2/c1-20-7-9-21(10-8-20)25-30-24(19-33-25)11-12-28-26(27-2)29-17-22-5-3-4-6-23(22)18-31-13-15-32-16-14-31/h3-10,19H,11-18H2,1-2H3,(H2,27,28,29). The second-order valence-electron chi connectivity index (χ2n) is 8.27. The van der Waals surface area contributed by atoms with Gasteiger partial charge in [0.25, 0.3) is 0 Å². The van der Waals surface area contributed by atoms with E-state index in [1.54, 1.807) is 13.3 Å². The Bertz CT molecular complexity index is 1040. The Morgan fingerprint density at radius 2 is 1.79 bits per heavy atom. The summed E-state index contributed by atoms with van der Waals surface area (Å²) in [5, 5.41) is 6.81. The molecule has 0 saturated carbocycles. The van der Waals surface area contributed by atoms with E-state index >= 15 is 0 Å². The first-order valence-corrected chi connectivity index (χ1v) is 11.5. The number of morpholine rings is 1. The third kappa shape index (κ3) is 6.66. The molecule has 7 heteroatoms. The molecule has 1 saturated heterocycles. The molecule has 0 amide bonds. The highest BCUT2D eigenvalue weighted by molar-refractivity contribution is 5.79. The third-order valence-electron chi connectivity index (χ3n) is 5.81. The number of aromatic nitrogens is 1. The van der Waals surface area contributed by atoms with Crippen molar-refractivity contribution in [3.63, 3.8) is 0 Å². The fraction of sp³-hybridized carbons (Fsp3) is 0.385. The minimum atomic E-state index is 0.657. The van der Waals surface area contributed by atoms with Crippen LogP contribution in [0.15, 0.2) is 64.2 Å². The van der Waals surface area contributed by atoms with Crippen LogP contribution in [0.4, 0.5) is 0 Å². The van der Waals surface area contributed by atoms with Crippen LogP contribution in [-0.4, -0.2) is 55.7 Å². The van der Waals surface area contributed by atoms with Crippen molar-refractivity contribution in [3.8, 4) is 11.5 Å². The molecule has 0 atom stereocenters. The van der Waals surface area contributed by atoms with E-state index in [-0.39, 0.29) is 0 Å². The fourth-order valence-electron chi connectivity index (χ4n) is 3.84. The van der Waals surface area contributed by atoms with E-state index in [9.17, 15) is 0 Å². The molecular weight excluding hydrogens is 414 g/mol. The van der Waals surface area contributed by atoms with Gasteiger partial charge in [-0.2, -0.15) is 0 Å². The van der Waals surface area contributed by atoms with E-state index in [0.29, 0.717) is 5.89 Å². The SMILES string of the molecule is CN=C(NCCc1coc(-c2ccc(C)cc2)n1)NCc1ccccc1CN1CCOCC1. The number of oxazole rings is 1. The summed E-state index contributed by atoms with van der Waals surface area (Å²) in [6, 6.07) is 16.8. The molecule has 1 aromatic heterocycles. The number of hydrogen-bond acceptors (Lipinski definition) is 5. The topological polar surface area (TPSA) is 74.9 Å². The molecule has 0 aliphatic carbocycles. The lowest BCUT2D eigenvalue weighted by molar-refractivity contribution is 0.0341. The number of aryl methyl sites for hydroxylation is 1. The minimum absolute atomic E-state index is 0.657. The molecule has 174 valence electrons. The molecule has 7 nitrogen and oxygen atoms in total. The zero-order valence-corrected chi connectivity index (χ0v) is 19.5. The molecule has 33 heavy (non-hydrogen) atoms. The van der Waals surface area contributed by atoms with Crippen molar-refractivity contribution in [3.05, 3.63) is 77.2 Å². The molecule has 1 aliphatic rings. The number of ether oxygens (including phenoxy) is 1. The summed E-state index contributed by atoms with van der Waals surface area (Å²) in [6.45, 7) is 8.06. The predicted molar refractivity (Wildman–Crippen MR) is 131 cm³/mol. The molecule has 2 aromatic carbocycles. The van der Waals surface area contributed by atoms with Gasteiger partial charge >= 0.3 is 0 Å². The van der Waals surface area contributed by atoms with Crippen molar-refractivity contribution in [2.75, 3.05) is 39.9 Å². The van der Waals surface area contributed by atoms with Crippen LogP contribution < -0.4 is 10.6 Å². The van der Waals surface area contributed by atoms with E-state index in [0.717, 1.165) is 69.6 Å². The first kappa shape index (κ1) is 23.0. The highest BCUT2D eigenvalue weighted by atomic mass is 16.5. The Kier molecular flexibility index (Phi) is 8.11. The van der Waals surface area contributed by atoms with Crippen molar-refractivity contribution >= 4 is 5.96 Å². The number of guanidine groups is 1. The van der Waals surface area contributed by atoms with Crippen LogP contribution in [0, 0.1) is 6.92 Å². The van der Waals surface area contributed by atoms with Crippen molar-refractivity contribution in [2.45, 2.75) is 26.4 Å². The van der Waals surface area contributed by atoms with Crippen molar-refractivity contribution in [1.82, 2.24) is 20.5 Å². The van der Waals surface area contributed by atoms with Crippen LogP contribution in [0.1, 0.15) is 22.4 Å². The number of benzene rings is 2. The van der Waals surface area contributed by atoms with Crippen LogP contribution >= 0.6 is 0 Å². The van der Waals surface area contributed by atoms with Gasteiger partial charge in [0.05, 0.1) is 18.9 Å². The van der Waals surface area contributed by atoms with E-state index in [2.05, 4.69) is 68.8 Å². The molecule has 4 rings (SSSR count). The van der Waals surface area contributed by atoms with Gasteiger partial charge < -0.3 is 19.8 Å². The second-order valence-corrected chi connectivity index (χ2v) is 8.27. The highest BCUT2D eigenvalue weighted by Crippen LogP contribution is 2.19. The molecule has 1 aliphatic heterocycles. The Balaban J connectivity index is 1.26. The molecule has 3 aromatic rings. The van der Waals surface area contributed by atoms with Gasteiger partial charge in [0.1, 0.15) is 6.26 Å². The second kappa shape index (κ2) is 11.6. The van der Waals surface area contributed by atoms with Crippen LogP contribution in [0.25, 0.3) is 11.5 Å². The summed E-state index contributed by atoms with van der Waals surface area (Å²) in [4.78, 5) is 11.4. The molecule has 0 spiro atoms. The normalized spacial score (nSPS) is 14.9. The molecular formula is C26H33N5O2. The minimum Gasteiger partial charge on any atom is -0.444 e. The number of rotatable bonds is 8. The van der Waals surface area contributed by atoms with Gasteiger partial charge in [-0.1, -0.05) is 42.0 Å². The van der Waals surface area contributed by atoms with E-state index in [1.807, 2.05) is 12.1 Å². The van der Waals surface area contributed by atoms with E-state index in [4.69, 9.17) is 9.15 Å². The number of nitrogens with one attached hydrogen (secondary N) is 2. The molecule has 2 heterocycles. The van der Waals surface area contributed by atoms with E-state index in [1.165, 1.54) is 16.7 Å². The maximum atomic E-state index is 5.66. The van der Waals surface area contributed by atoms with Crippen LogP contribution in [-0.2, 0) is 24.2 Å². The first-order valence-electron chi connectivity index (χ1n) is 11.5. The molecule has 0 radical (unpaired) electrons. The highest BCUT2D eigenvalue weighted by Gasteiger charge is 2.13. The van der Waals surface area contributed by atoms with Gasteiger partial charge in [-0.05, 0) is 30.2 Å². The molecule has 1 fully saturated rings. The lowest BCUT2D eigenvalue weighted by atomic mass is 10.1. The first-order chi connectivity index (χ1) is 16.2. The smallest absolute Gasteiger partial charge is 0.226 e. The Morgan fingerprint density at radius 1 is 1.03 bits per heavy atom. The van der Waals surface area contributed by atoms with Crippen LogP contribution in [0.2, 0.25) is 0 Å². The maximum Gasteiger partial charge on any atom is 0.226 e. The monoisotopic (exact) mass is 447 g/mol. The van der Waals surface area contributed by atoms with Gasteiger partial charge in [-0.3, -0.25) is 9.89 Å². The van der Waals surface area contributed by atoms with Gasteiger partial charge in [0.2, 0.25) is 5.89 Å². The maximum absolute atomic E-state index is 5.66. The summed E-state index contributed by atoms with van der Waals surface area (Å²) in [5.74, 6) is 1.43. The summed E-state index contributed by atoms with van der Waals surface area (Å²) in [5.41, 5.74) is 5.76. The van der Waals surface area contributed by atoms with E-state index < -0.39 is 0 Å². The quantitative estimate of drug-likeness (QED) is 0.407. The van der Waals surface area contributed by atoms with Crippen molar-refractivity contribution in [2.24, 2.45) is 4.99 Å². The van der Waals surface area contributed by atoms with Gasteiger partial charge in [0.15, 0.2) is 5.96 Å². The van der Waals surface area contributed by atoms with Crippen molar-refractivity contribution < 1.29 is 9.15 Å². The van der Waals surface area contributed by atoms with Crippen LogP contribution in [0.3, 0.4) is 0 Å². The summed E-state index contributed by atoms with van der Waals surface area (Å²) in [6.07, 6.45) is 2.48. The average molecular weight is 448 g/mol. The Morgan fingerprint density at radius 3 is 2.55 bits per heavy atom. The summed E-state index contributed by atoms with van der Waals surface area (Å²) < 4.78 is 11.1. The van der Waals surface area contributed by atoms with Crippen LogP contribution in [0.5, 0.6) is 0 Å². The molecule has 0 unspecified atom stereocenters. The number of hydrogen-bond donors (Lipinski definition) is 2. The zero-order valence-electron chi connectivity index (χ0n) is 19.5. The van der Waals surface area contributed by atoms with Gasteiger partial charge in [-0.15, -0.1) is 0 Å². The number of aliphatic imine (C=N–C) groups is 1. The number of nitrogens with zero attached hydrogens (tertiary/aromatic N) is 3. The summed E-state index contributed by atoms with van der Waals surface area (Å²) in [7, 11) is 1.79. The van der Waals surface area contributed by atoms with Crippen molar-refractivity contribution in [1.29, 1.82) is 0 Å². The predicted octanol–water partition coefficient (Wildman–Crippen LogP) is 3.39. The molecule has 2 N–H and O–H groups in total. The Hall–Kier alpha value is -3.16. The fourth-order valence-corrected chi connectivity index (χ4v) is 3.84. The third-order valence-corrected chi connectivity index (χ3v) is 5.81. The van der Waals surface area contributed by atoms with Gasteiger partial charge in [0, 0.05) is 51.8 Å². The average Bonchev–Trinajstić information content (AvgIpc) is 3.32. The van der Waals surface area contributed by atoms with Gasteiger partial charge in [-0.25, -0.2) is 4.98 Å². The summed E-state index contributed by atoms with van der Waals surface area (Å²) >= 11 is 0. The Labute approximate surface area is 195 Å². The molecule has 0 bridgehead atoms. The lowest BCUT2D eigenvalue weighted by Gasteiger charge is -2.27. The largest absolute Gasteiger partial charge is 0.444 e.